The Balaban J connectivity index is 1.90. The number of amides is 1. The van der Waals surface area contributed by atoms with Crippen LogP contribution >= 0.6 is 12.6 Å². The lowest BCUT2D eigenvalue weighted by Gasteiger charge is -2.36. The van der Waals surface area contributed by atoms with Gasteiger partial charge in [0.15, 0.2) is 0 Å². The minimum atomic E-state index is -0.801. The number of nitrogens with zero attached hydrogens (tertiary/aromatic N) is 3. The van der Waals surface area contributed by atoms with Crippen molar-refractivity contribution < 1.29 is 14.8 Å². The zero-order chi connectivity index (χ0) is 26.5. The van der Waals surface area contributed by atoms with Gasteiger partial charge in [-0.25, -0.2) is 0 Å². The average molecular weight is 513 g/mol. The first-order valence-electron chi connectivity index (χ1n) is 12.3. The molecule has 194 valence electrons. The first kappa shape index (κ1) is 27.7. The monoisotopic (exact) mass is 512 g/mol. The molecule has 0 bridgehead atoms. The molecule has 0 saturated carbocycles. The Morgan fingerprint density at radius 3 is 2.61 bits per heavy atom. The molecule has 2 N–H and O–H groups in total. The van der Waals surface area contributed by atoms with Crippen molar-refractivity contribution in [3.8, 4) is 0 Å². The second-order valence-electron chi connectivity index (χ2n) is 10.4. The Morgan fingerprint density at radius 1 is 1.31 bits per heavy atom. The van der Waals surface area contributed by atoms with E-state index in [9.17, 15) is 20.0 Å². The number of aliphatic hydroxyl groups is 1. The molecule has 1 fully saturated rings. The van der Waals surface area contributed by atoms with Crippen LogP contribution in [0, 0.1) is 22.0 Å². The summed E-state index contributed by atoms with van der Waals surface area (Å²) in [5.41, 5.74) is 1.49. The van der Waals surface area contributed by atoms with Gasteiger partial charge in [-0.05, 0) is 63.1 Å². The molecule has 9 heteroatoms. The number of nitro groups is 1. The zero-order valence-electron chi connectivity index (χ0n) is 21.4. The molecule has 0 aliphatic carbocycles. The van der Waals surface area contributed by atoms with E-state index in [0.29, 0.717) is 30.5 Å². The summed E-state index contributed by atoms with van der Waals surface area (Å²) in [6.45, 7) is 10.2. The number of aliphatic imine (C=N–C) groups is 1. The van der Waals surface area contributed by atoms with Crippen LogP contribution in [0.3, 0.4) is 0 Å². The summed E-state index contributed by atoms with van der Waals surface area (Å²) >= 11 is 4.69. The van der Waals surface area contributed by atoms with Gasteiger partial charge in [0.2, 0.25) is 0 Å². The number of nitro benzene ring substituents is 1. The van der Waals surface area contributed by atoms with Gasteiger partial charge < -0.3 is 15.3 Å². The van der Waals surface area contributed by atoms with Crippen LogP contribution in [0.25, 0.3) is 0 Å². The van der Waals surface area contributed by atoms with Crippen LogP contribution in [0.15, 0.2) is 46.3 Å². The molecular weight excluding hydrogens is 476 g/mol. The Bertz CT molecular complexity index is 1120. The number of carbonyl (C=O) groups excluding carboxylic acids is 1. The molecular formula is C27H36N4O4S. The number of benzene rings is 2. The fourth-order valence-electron chi connectivity index (χ4n) is 4.32. The number of piperidine rings is 1. The maximum absolute atomic E-state index is 13.1. The molecule has 0 radical (unpaired) electrons. The first-order chi connectivity index (χ1) is 16.9. The molecule has 0 atom stereocenters. The van der Waals surface area contributed by atoms with Crippen LogP contribution in [0.4, 0.5) is 17.1 Å². The molecule has 0 spiro atoms. The van der Waals surface area contributed by atoms with Gasteiger partial charge in [0.25, 0.3) is 11.6 Å². The zero-order valence-corrected chi connectivity index (χ0v) is 22.3. The third kappa shape index (κ3) is 7.54. The SMILES string of the molecule is CC(C)C1CCN(c2cc(S)c(C=NCCC(C)(C)O)cc2NC(=O)c2cccc([N+](=O)[O-])c2)CC1. The molecule has 36 heavy (non-hydrogen) atoms. The van der Waals surface area contributed by atoms with Crippen molar-refractivity contribution in [2.24, 2.45) is 16.8 Å². The molecule has 2 aromatic carbocycles. The van der Waals surface area contributed by atoms with E-state index < -0.39 is 16.4 Å². The van der Waals surface area contributed by atoms with Gasteiger partial charge in [-0.2, -0.15) is 0 Å². The van der Waals surface area contributed by atoms with Gasteiger partial charge in [-0.3, -0.25) is 19.9 Å². The van der Waals surface area contributed by atoms with Gasteiger partial charge in [-0.1, -0.05) is 19.9 Å². The van der Waals surface area contributed by atoms with E-state index >= 15 is 0 Å². The van der Waals surface area contributed by atoms with E-state index in [1.54, 1.807) is 26.1 Å². The van der Waals surface area contributed by atoms with Crippen molar-refractivity contribution in [2.45, 2.75) is 57.5 Å². The van der Waals surface area contributed by atoms with Crippen LogP contribution < -0.4 is 10.2 Å². The number of hydrogen-bond donors (Lipinski definition) is 3. The molecule has 0 unspecified atom stereocenters. The highest BCUT2D eigenvalue weighted by atomic mass is 32.1. The largest absolute Gasteiger partial charge is 0.390 e. The van der Waals surface area contributed by atoms with Crippen LogP contribution in [0.5, 0.6) is 0 Å². The van der Waals surface area contributed by atoms with Gasteiger partial charge in [0.05, 0.1) is 21.9 Å². The smallest absolute Gasteiger partial charge is 0.270 e. The molecule has 1 amide bonds. The number of thiol groups is 1. The number of non-ortho nitro benzene ring substituents is 1. The van der Waals surface area contributed by atoms with Crippen LogP contribution in [-0.4, -0.2) is 47.4 Å². The lowest BCUT2D eigenvalue weighted by Crippen LogP contribution is -2.35. The lowest BCUT2D eigenvalue weighted by molar-refractivity contribution is -0.384. The van der Waals surface area contributed by atoms with Crippen molar-refractivity contribution in [3.05, 3.63) is 57.6 Å². The van der Waals surface area contributed by atoms with Gasteiger partial charge in [0.1, 0.15) is 0 Å². The maximum atomic E-state index is 13.1. The van der Waals surface area contributed by atoms with Crippen molar-refractivity contribution >= 4 is 41.8 Å². The quantitative estimate of drug-likeness (QED) is 0.176. The molecule has 1 heterocycles. The van der Waals surface area contributed by atoms with E-state index in [0.717, 1.165) is 42.1 Å². The van der Waals surface area contributed by atoms with E-state index in [-0.39, 0.29) is 11.3 Å². The molecule has 8 nitrogen and oxygen atoms in total. The van der Waals surface area contributed by atoms with Gasteiger partial charge in [-0.15, -0.1) is 12.6 Å². The van der Waals surface area contributed by atoms with Crippen LogP contribution in [0.2, 0.25) is 0 Å². The van der Waals surface area contributed by atoms with Crippen molar-refractivity contribution in [3.63, 3.8) is 0 Å². The molecule has 1 aliphatic rings. The van der Waals surface area contributed by atoms with Gasteiger partial charge in [0, 0.05) is 54.0 Å². The average Bonchev–Trinajstić information content (AvgIpc) is 2.82. The minimum absolute atomic E-state index is 0.135. The fraction of sp³-hybridized carbons (Fsp3) is 0.481. The van der Waals surface area contributed by atoms with Crippen molar-refractivity contribution in [2.75, 3.05) is 29.9 Å². The van der Waals surface area contributed by atoms with E-state index in [4.69, 9.17) is 0 Å². The number of hydrogen-bond acceptors (Lipinski definition) is 7. The van der Waals surface area contributed by atoms with E-state index in [2.05, 4.69) is 41.7 Å². The second kappa shape index (κ2) is 11.9. The predicted octanol–water partition coefficient (Wildman–Crippen LogP) is 5.59. The highest BCUT2D eigenvalue weighted by Crippen LogP contribution is 2.35. The molecule has 3 rings (SSSR count). The first-order valence-corrected chi connectivity index (χ1v) is 12.8. The van der Waals surface area contributed by atoms with Crippen molar-refractivity contribution in [1.29, 1.82) is 0 Å². The molecule has 1 saturated heterocycles. The number of rotatable bonds is 9. The van der Waals surface area contributed by atoms with Crippen LogP contribution in [-0.2, 0) is 0 Å². The van der Waals surface area contributed by atoms with Crippen LogP contribution in [0.1, 0.15) is 62.9 Å². The Hall–Kier alpha value is -2.91. The Kier molecular flexibility index (Phi) is 9.13. The third-order valence-electron chi connectivity index (χ3n) is 6.62. The summed E-state index contributed by atoms with van der Waals surface area (Å²) in [6.07, 6.45) is 4.35. The topological polar surface area (TPSA) is 108 Å². The summed E-state index contributed by atoms with van der Waals surface area (Å²) in [5, 5.41) is 24.1. The number of anilines is 2. The predicted molar refractivity (Wildman–Crippen MR) is 148 cm³/mol. The number of nitrogens with one attached hydrogen (secondary N) is 1. The highest BCUT2D eigenvalue weighted by molar-refractivity contribution is 7.80. The van der Waals surface area contributed by atoms with E-state index in [1.807, 2.05) is 12.1 Å². The molecule has 1 aliphatic heterocycles. The summed E-state index contributed by atoms with van der Waals surface area (Å²) < 4.78 is 0. The summed E-state index contributed by atoms with van der Waals surface area (Å²) in [6, 6.07) is 9.48. The normalized spacial score (nSPS) is 15.0. The summed E-state index contributed by atoms with van der Waals surface area (Å²) in [4.78, 5) is 31.2. The fourth-order valence-corrected chi connectivity index (χ4v) is 4.57. The lowest BCUT2D eigenvalue weighted by atomic mass is 9.86. The summed E-state index contributed by atoms with van der Waals surface area (Å²) in [5.74, 6) is 0.874. The Morgan fingerprint density at radius 2 is 2.00 bits per heavy atom. The molecule has 0 aromatic heterocycles. The van der Waals surface area contributed by atoms with Crippen molar-refractivity contribution in [1.82, 2.24) is 0 Å². The minimum Gasteiger partial charge on any atom is -0.390 e. The maximum Gasteiger partial charge on any atom is 0.270 e. The summed E-state index contributed by atoms with van der Waals surface area (Å²) in [7, 11) is 0. The standard InChI is InChI=1S/C27H36N4O4S/c1-18(2)19-8-12-30(13-9-19)24-16-25(36)21(17-28-11-10-27(3,4)33)15-23(24)29-26(32)20-6-5-7-22(14-20)31(34)35/h5-7,14-19,33,36H,8-13H2,1-4H3,(H,29,32). The highest BCUT2D eigenvalue weighted by Gasteiger charge is 2.24. The number of carbonyl (C=O) groups is 1. The van der Waals surface area contributed by atoms with Gasteiger partial charge >= 0.3 is 0 Å². The second-order valence-corrected chi connectivity index (χ2v) is 10.8. The third-order valence-corrected chi connectivity index (χ3v) is 7.01. The molecule has 2 aromatic rings. The Labute approximate surface area is 218 Å². The van der Waals surface area contributed by atoms with E-state index in [1.165, 1.54) is 18.2 Å².